The van der Waals surface area contributed by atoms with Crippen molar-refractivity contribution in [3.8, 4) is 5.75 Å². The number of methoxy groups -OCH3 is 1. The summed E-state index contributed by atoms with van der Waals surface area (Å²) in [5, 5.41) is 11.2. The van der Waals surface area contributed by atoms with Crippen molar-refractivity contribution in [2.45, 2.75) is 63.2 Å². The van der Waals surface area contributed by atoms with E-state index in [1.54, 1.807) is 16.9 Å². The number of carbonyl (C=O) groups is 3. The highest BCUT2D eigenvalue weighted by atomic mass is 28.3. The van der Waals surface area contributed by atoms with Gasteiger partial charge >= 0.3 is 0 Å². The van der Waals surface area contributed by atoms with E-state index in [9.17, 15) is 14.7 Å². The minimum Gasteiger partial charge on any atom is -0.497 e. The smallest absolute Gasteiger partial charge is 0.264 e. The van der Waals surface area contributed by atoms with Gasteiger partial charge in [-0.15, -0.1) is 0 Å². The van der Waals surface area contributed by atoms with Gasteiger partial charge in [0.15, 0.2) is 5.60 Å². The number of aliphatic hydroxyl groups excluding tert-OH is 1. The van der Waals surface area contributed by atoms with E-state index in [-0.39, 0.29) is 48.8 Å². The molecule has 0 bridgehead atoms. The summed E-state index contributed by atoms with van der Waals surface area (Å²) in [7, 11) is -0.815. The Morgan fingerprint density at radius 3 is 2.27 bits per heavy atom. The molecule has 1 spiro atoms. The fourth-order valence-electron chi connectivity index (χ4n) is 8.69. The molecule has 10 heteroatoms. The van der Waals surface area contributed by atoms with Crippen molar-refractivity contribution in [2.75, 3.05) is 36.6 Å². The van der Waals surface area contributed by atoms with Crippen LogP contribution in [-0.4, -0.2) is 68.7 Å². The van der Waals surface area contributed by atoms with Gasteiger partial charge in [0.25, 0.3) is 5.91 Å². The maximum absolute atomic E-state index is 15.1. The highest BCUT2D eigenvalue weighted by Gasteiger charge is 2.66. The molecule has 2 fully saturated rings. The standard InChI is InChI=1S/C42H47N3O6Si/c1-29-40(52(3,4)34-20-18-33(50-2)19-21-34)37(26-39(48)43(24-25-46)27-30-10-6-5-7-11-30)51-42(29)35-12-8-9-13-36(35)45(41(42)49)28-31-14-16-32(17-15-31)44-23-22-38(44)47/h5-21,29,37,40,46H,22-28H2,1-4H3/t29-,37+,40-,42+/m1/s1. The second kappa shape index (κ2) is 14.3. The highest BCUT2D eigenvalue weighted by Crippen LogP contribution is 2.60. The highest BCUT2D eigenvalue weighted by molar-refractivity contribution is 6.91. The quantitative estimate of drug-likeness (QED) is 0.151. The minimum absolute atomic E-state index is 0.0856. The number of aliphatic hydroxyl groups is 1. The molecular formula is C42H47N3O6Si. The Morgan fingerprint density at radius 2 is 1.63 bits per heavy atom. The van der Waals surface area contributed by atoms with Crippen molar-refractivity contribution in [3.05, 3.63) is 120 Å². The van der Waals surface area contributed by atoms with E-state index in [0.29, 0.717) is 19.5 Å². The molecule has 4 atom stereocenters. The topological polar surface area (TPSA) is 99.6 Å². The van der Waals surface area contributed by atoms with Gasteiger partial charge in [0.05, 0.1) is 46.5 Å². The van der Waals surface area contributed by atoms with Crippen LogP contribution >= 0.6 is 0 Å². The average Bonchev–Trinajstić information content (AvgIpc) is 3.58. The maximum atomic E-state index is 15.1. The zero-order valence-corrected chi connectivity index (χ0v) is 31.3. The molecular weight excluding hydrogens is 671 g/mol. The van der Waals surface area contributed by atoms with E-state index in [4.69, 9.17) is 9.47 Å². The van der Waals surface area contributed by atoms with Gasteiger partial charge in [-0.25, -0.2) is 0 Å². The predicted octanol–water partition coefficient (Wildman–Crippen LogP) is 5.61. The van der Waals surface area contributed by atoms with E-state index in [2.05, 4.69) is 32.2 Å². The van der Waals surface area contributed by atoms with Crippen LogP contribution < -0.4 is 19.7 Å². The lowest BCUT2D eigenvalue weighted by molar-refractivity contribution is -0.150. The molecule has 4 aromatic carbocycles. The molecule has 7 rings (SSSR count). The van der Waals surface area contributed by atoms with Crippen LogP contribution in [0, 0.1) is 5.92 Å². The Bertz CT molecular complexity index is 1940. The molecule has 3 aliphatic rings. The van der Waals surface area contributed by atoms with Gasteiger partial charge in [-0.2, -0.15) is 0 Å². The molecule has 4 aromatic rings. The number of ether oxygens (including phenoxy) is 2. The number of anilines is 2. The summed E-state index contributed by atoms with van der Waals surface area (Å²) in [6.45, 7) is 8.21. The van der Waals surface area contributed by atoms with Crippen molar-refractivity contribution in [3.63, 3.8) is 0 Å². The first-order valence-electron chi connectivity index (χ1n) is 18.1. The maximum Gasteiger partial charge on any atom is 0.264 e. The number of para-hydroxylation sites is 1. The molecule has 0 aliphatic carbocycles. The lowest BCUT2D eigenvalue weighted by atomic mass is 9.82. The third kappa shape index (κ3) is 6.22. The fourth-order valence-corrected chi connectivity index (χ4v) is 12.7. The third-order valence-electron chi connectivity index (χ3n) is 11.5. The number of fused-ring (bicyclic) bond motifs is 2. The van der Waals surface area contributed by atoms with Crippen LogP contribution in [0.4, 0.5) is 11.4 Å². The predicted molar refractivity (Wildman–Crippen MR) is 204 cm³/mol. The molecule has 0 unspecified atom stereocenters. The Morgan fingerprint density at radius 1 is 0.942 bits per heavy atom. The molecule has 52 heavy (non-hydrogen) atoms. The van der Waals surface area contributed by atoms with Crippen molar-refractivity contribution >= 4 is 42.4 Å². The third-order valence-corrected chi connectivity index (χ3v) is 15.9. The second-order valence-corrected chi connectivity index (χ2v) is 19.4. The van der Waals surface area contributed by atoms with Crippen molar-refractivity contribution in [2.24, 2.45) is 5.92 Å². The van der Waals surface area contributed by atoms with E-state index in [1.165, 1.54) is 5.19 Å². The Balaban J connectivity index is 1.24. The summed E-state index contributed by atoms with van der Waals surface area (Å²) < 4.78 is 12.7. The SMILES string of the molecule is COc1ccc([Si](C)(C)[C@H]2[C@H](CC(=O)N(CCO)Cc3ccccc3)O[C@@]3(C(=O)N(Cc4ccc(N5CCC5=O)cc4)c4ccccc43)[C@@H]2C)cc1. The molecule has 0 saturated carbocycles. The summed E-state index contributed by atoms with van der Waals surface area (Å²) in [5.74, 6) is 0.391. The minimum atomic E-state index is -2.47. The van der Waals surface area contributed by atoms with E-state index in [0.717, 1.165) is 40.4 Å². The van der Waals surface area contributed by atoms with Crippen molar-refractivity contribution in [1.82, 2.24) is 4.90 Å². The van der Waals surface area contributed by atoms with Crippen LogP contribution in [0.25, 0.3) is 0 Å². The first kappa shape index (κ1) is 35.6. The van der Waals surface area contributed by atoms with Gasteiger partial charge in [0, 0.05) is 43.2 Å². The van der Waals surface area contributed by atoms with Gasteiger partial charge in [-0.1, -0.05) is 98.0 Å². The Hall–Kier alpha value is -4.77. The number of β-lactam (4-membered cyclic amide) rings is 1. The van der Waals surface area contributed by atoms with Crippen LogP contribution in [0.5, 0.6) is 5.75 Å². The van der Waals surface area contributed by atoms with Crippen molar-refractivity contribution < 1.29 is 29.0 Å². The summed E-state index contributed by atoms with van der Waals surface area (Å²) in [4.78, 5) is 46.7. The molecule has 1 N–H and O–H groups in total. The lowest BCUT2D eigenvalue weighted by Crippen LogP contribution is -2.52. The van der Waals surface area contributed by atoms with E-state index < -0.39 is 19.8 Å². The van der Waals surface area contributed by atoms with Crippen LogP contribution in [0.3, 0.4) is 0 Å². The van der Waals surface area contributed by atoms with E-state index >= 15 is 4.79 Å². The van der Waals surface area contributed by atoms with Gasteiger partial charge in [0.2, 0.25) is 11.8 Å². The zero-order chi connectivity index (χ0) is 36.6. The summed E-state index contributed by atoms with van der Waals surface area (Å²) >= 11 is 0. The number of rotatable bonds is 12. The second-order valence-electron chi connectivity index (χ2n) is 14.8. The van der Waals surface area contributed by atoms with Crippen LogP contribution in [0.2, 0.25) is 18.6 Å². The first-order valence-corrected chi connectivity index (χ1v) is 21.2. The molecule has 0 aromatic heterocycles. The number of hydrogen-bond donors (Lipinski definition) is 1. The van der Waals surface area contributed by atoms with Gasteiger partial charge in [0.1, 0.15) is 5.75 Å². The van der Waals surface area contributed by atoms with Gasteiger partial charge in [-0.3, -0.25) is 14.4 Å². The molecule has 3 heterocycles. The van der Waals surface area contributed by atoms with Crippen LogP contribution in [-0.2, 0) is 37.8 Å². The number of benzene rings is 4. The van der Waals surface area contributed by atoms with Gasteiger partial charge in [-0.05, 0) is 47.0 Å². The molecule has 2 saturated heterocycles. The number of carbonyl (C=O) groups excluding carboxylic acids is 3. The summed E-state index contributed by atoms with van der Waals surface area (Å²) in [6.07, 6.45) is 0.107. The summed E-state index contributed by atoms with van der Waals surface area (Å²) in [6, 6.07) is 33.7. The van der Waals surface area contributed by atoms with E-state index in [1.807, 2.05) is 95.9 Å². The number of nitrogens with zero attached hydrogens (tertiary/aromatic N) is 3. The normalized spacial score (nSPS) is 22.4. The van der Waals surface area contributed by atoms with Crippen LogP contribution in [0.15, 0.2) is 103 Å². The van der Waals surface area contributed by atoms with Crippen molar-refractivity contribution in [1.29, 1.82) is 0 Å². The number of hydrogen-bond acceptors (Lipinski definition) is 6. The van der Waals surface area contributed by atoms with Crippen LogP contribution in [0.1, 0.15) is 36.5 Å². The fraction of sp³-hybridized carbons (Fsp3) is 0.357. The molecule has 3 amide bonds. The monoisotopic (exact) mass is 717 g/mol. The first-order chi connectivity index (χ1) is 25.1. The summed E-state index contributed by atoms with van der Waals surface area (Å²) in [5.41, 5.74) is 3.02. The molecule has 9 nitrogen and oxygen atoms in total. The Kier molecular flexibility index (Phi) is 9.82. The molecule has 0 radical (unpaired) electrons. The average molecular weight is 718 g/mol. The number of amides is 3. The zero-order valence-electron chi connectivity index (χ0n) is 30.3. The largest absolute Gasteiger partial charge is 0.497 e. The van der Waals surface area contributed by atoms with Gasteiger partial charge < -0.3 is 29.3 Å². The molecule has 270 valence electrons. The Labute approximate surface area is 306 Å². The molecule has 3 aliphatic heterocycles. The lowest BCUT2D eigenvalue weighted by Gasteiger charge is -2.37.